The van der Waals surface area contributed by atoms with Crippen molar-refractivity contribution >= 4 is 0 Å². The summed E-state index contributed by atoms with van der Waals surface area (Å²) >= 11 is 0. The van der Waals surface area contributed by atoms with Crippen LogP contribution in [0.4, 0.5) is 17.6 Å². The number of nitrogens with two attached hydrogens (primary N) is 1. The van der Waals surface area contributed by atoms with E-state index in [1.165, 1.54) is 24.3 Å². The molecule has 2 rings (SSSR count). The lowest BCUT2D eigenvalue weighted by atomic mass is 9.94. The fourth-order valence-electron chi connectivity index (χ4n) is 2.15. The van der Waals surface area contributed by atoms with Crippen LogP contribution in [-0.4, -0.2) is 0 Å². The minimum absolute atomic E-state index is 0.0648. The van der Waals surface area contributed by atoms with Crippen molar-refractivity contribution in [1.29, 1.82) is 0 Å². The Bertz CT molecular complexity index is 599. The summed E-state index contributed by atoms with van der Waals surface area (Å²) in [5, 5.41) is 0. The van der Waals surface area contributed by atoms with Crippen LogP contribution in [0, 0.1) is 12.7 Å². The summed E-state index contributed by atoms with van der Waals surface area (Å²) in [5.41, 5.74) is 5.95. The number of aryl methyl sites for hydroxylation is 1. The number of alkyl halides is 3. The van der Waals surface area contributed by atoms with Crippen molar-refractivity contribution in [2.75, 3.05) is 0 Å². The van der Waals surface area contributed by atoms with Crippen LogP contribution in [-0.2, 0) is 6.18 Å². The fraction of sp³-hybridized carbons (Fsp3) is 0.200. The van der Waals surface area contributed by atoms with E-state index in [0.29, 0.717) is 11.1 Å². The Kier molecular flexibility index (Phi) is 3.81. The molecular formula is C15H13F4N. The number of rotatable bonds is 2. The summed E-state index contributed by atoms with van der Waals surface area (Å²) in [6, 6.07) is 8.08. The van der Waals surface area contributed by atoms with Gasteiger partial charge in [0.05, 0.1) is 11.6 Å². The molecule has 0 radical (unpaired) electrons. The topological polar surface area (TPSA) is 26.0 Å². The first-order chi connectivity index (χ1) is 9.29. The van der Waals surface area contributed by atoms with E-state index in [2.05, 4.69) is 0 Å². The predicted molar refractivity (Wildman–Crippen MR) is 68.6 cm³/mol. The predicted octanol–water partition coefficient (Wildman–Crippen LogP) is 4.20. The molecule has 0 saturated carbocycles. The quantitative estimate of drug-likeness (QED) is 0.821. The van der Waals surface area contributed by atoms with Crippen LogP contribution in [0.1, 0.15) is 28.3 Å². The zero-order valence-electron chi connectivity index (χ0n) is 10.7. The molecule has 0 amide bonds. The Labute approximate surface area is 114 Å². The maximum Gasteiger partial charge on any atom is 0.416 e. The lowest BCUT2D eigenvalue weighted by molar-refractivity contribution is -0.138. The van der Waals surface area contributed by atoms with Crippen molar-refractivity contribution < 1.29 is 17.6 Å². The normalized spacial score (nSPS) is 13.3. The van der Waals surface area contributed by atoms with Crippen molar-refractivity contribution in [2.24, 2.45) is 5.73 Å². The van der Waals surface area contributed by atoms with Crippen LogP contribution in [0.2, 0.25) is 0 Å². The molecule has 106 valence electrons. The lowest BCUT2D eigenvalue weighted by Crippen LogP contribution is -2.18. The van der Waals surface area contributed by atoms with E-state index in [0.717, 1.165) is 12.1 Å². The summed E-state index contributed by atoms with van der Waals surface area (Å²) in [7, 11) is 0. The molecule has 1 nitrogen and oxygen atoms in total. The summed E-state index contributed by atoms with van der Waals surface area (Å²) in [6.45, 7) is 1.66. The summed E-state index contributed by atoms with van der Waals surface area (Å²) in [6.07, 6.45) is -4.49. The van der Waals surface area contributed by atoms with Gasteiger partial charge in [-0.15, -0.1) is 0 Å². The largest absolute Gasteiger partial charge is 0.416 e. The van der Waals surface area contributed by atoms with Crippen molar-refractivity contribution in [3.05, 3.63) is 70.5 Å². The van der Waals surface area contributed by atoms with Gasteiger partial charge in [0.25, 0.3) is 0 Å². The zero-order chi connectivity index (χ0) is 14.9. The van der Waals surface area contributed by atoms with E-state index in [4.69, 9.17) is 5.73 Å². The van der Waals surface area contributed by atoms with Crippen LogP contribution < -0.4 is 5.73 Å². The molecule has 2 aromatic carbocycles. The van der Waals surface area contributed by atoms with Gasteiger partial charge in [0.2, 0.25) is 0 Å². The molecule has 0 saturated heterocycles. The van der Waals surface area contributed by atoms with E-state index in [1.807, 2.05) is 0 Å². The van der Waals surface area contributed by atoms with Gasteiger partial charge in [-0.25, -0.2) is 4.39 Å². The molecule has 20 heavy (non-hydrogen) atoms. The molecule has 0 spiro atoms. The SMILES string of the molecule is Cc1cc(F)cc(C(N)c2ccccc2C(F)(F)F)c1. The van der Waals surface area contributed by atoms with Gasteiger partial charge in [-0.3, -0.25) is 0 Å². The first kappa shape index (κ1) is 14.5. The monoisotopic (exact) mass is 283 g/mol. The molecule has 2 N–H and O–H groups in total. The number of hydrogen-bond donors (Lipinski definition) is 1. The first-order valence-electron chi connectivity index (χ1n) is 5.98. The zero-order valence-corrected chi connectivity index (χ0v) is 10.7. The minimum atomic E-state index is -4.49. The highest BCUT2D eigenvalue weighted by atomic mass is 19.4. The molecule has 2 aromatic rings. The van der Waals surface area contributed by atoms with Crippen molar-refractivity contribution in [3.8, 4) is 0 Å². The molecule has 0 aromatic heterocycles. The average molecular weight is 283 g/mol. The van der Waals surface area contributed by atoms with E-state index >= 15 is 0 Å². The van der Waals surface area contributed by atoms with Gasteiger partial charge in [-0.1, -0.05) is 24.3 Å². The molecule has 1 unspecified atom stereocenters. The summed E-state index contributed by atoms with van der Waals surface area (Å²) in [5.74, 6) is -0.514. The highest BCUT2D eigenvalue weighted by molar-refractivity contribution is 5.39. The molecule has 0 fully saturated rings. The van der Waals surface area contributed by atoms with Gasteiger partial charge in [0.1, 0.15) is 5.82 Å². The van der Waals surface area contributed by atoms with Gasteiger partial charge in [-0.2, -0.15) is 13.2 Å². The van der Waals surface area contributed by atoms with E-state index in [-0.39, 0.29) is 5.56 Å². The maximum absolute atomic E-state index is 13.4. The van der Waals surface area contributed by atoms with Crippen LogP contribution in [0.5, 0.6) is 0 Å². The third-order valence-electron chi connectivity index (χ3n) is 3.02. The van der Waals surface area contributed by atoms with Crippen LogP contribution >= 0.6 is 0 Å². The number of benzene rings is 2. The Hall–Kier alpha value is -1.88. The Morgan fingerprint density at radius 3 is 2.30 bits per heavy atom. The third kappa shape index (κ3) is 2.99. The Balaban J connectivity index is 2.51. The Morgan fingerprint density at radius 2 is 1.70 bits per heavy atom. The van der Waals surface area contributed by atoms with Gasteiger partial charge in [0, 0.05) is 0 Å². The molecule has 0 aliphatic heterocycles. The standard InChI is InChI=1S/C15H13F4N/c1-9-6-10(8-11(16)7-9)14(20)12-4-2-3-5-13(12)15(17,18)19/h2-8,14H,20H2,1H3. The van der Waals surface area contributed by atoms with Gasteiger partial charge in [0.15, 0.2) is 0 Å². The van der Waals surface area contributed by atoms with E-state index in [9.17, 15) is 17.6 Å². The average Bonchev–Trinajstić information content (AvgIpc) is 2.35. The second-order valence-electron chi connectivity index (χ2n) is 4.62. The van der Waals surface area contributed by atoms with E-state index in [1.54, 1.807) is 13.0 Å². The van der Waals surface area contributed by atoms with Gasteiger partial charge >= 0.3 is 6.18 Å². The number of hydrogen-bond acceptors (Lipinski definition) is 1. The molecule has 0 bridgehead atoms. The third-order valence-corrected chi connectivity index (χ3v) is 3.02. The molecule has 0 aliphatic carbocycles. The van der Waals surface area contributed by atoms with E-state index < -0.39 is 23.6 Å². The molecule has 0 heterocycles. The number of halogens is 4. The molecule has 1 atom stereocenters. The van der Waals surface area contributed by atoms with Crippen LogP contribution in [0.15, 0.2) is 42.5 Å². The molecule has 5 heteroatoms. The van der Waals surface area contributed by atoms with Crippen LogP contribution in [0.25, 0.3) is 0 Å². The molecule has 0 aliphatic rings. The summed E-state index contributed by atoms with van der Waals surface area (Å²) < 4.78 is 52.2. The minimum Gasteiger partial charge on any atom is -0.320 e. The highest BCUT2D eigenvalue weighted by Gasteiger charge is 2.34. The lowest BCUT2D eigenvalue weighted by Gasteiger charge is -2.19. The second kappa shape index (κ2) is 5.25. The van der Waals surface area contributed by atoms with Crippen LogP contribution in [0.3, 0.4) is 0 Å². The van der Waals surface area contributed by atoms with Crippen molar-refractivity contribution in [1.82, 2.24) is 0 Å². The summed E-state index contributed by atoms with van der Waals surface area (Å²) in [4.78, 5) is 0. The smallest absolute Gasteiger partial charge is 0.320 e. The highest BCUT2D eigenvalue weighted by Crippen LogP contribution is 2.35. The fourth-order valence-corrected chi connectivity index (χ4v) is 2.15. The molecular weight excluding hydrogens is 270 g/mol. The maximum atomic E-state index is 13.4. The van der Waals surface area contributed by atoms with Crippen molar-refractivity contribution in [3.63, 3.8) is 0 Å². The van der Waals surface area contributed by atoms with Crippen molar-refractivity contribution in [2.45, 2.75) is 19.1 Å². The first-order valence-corrected chi connectivity index (χ1v) is 5.98. The van der Waals surface area contributed by atoms with Gasteiger partial charge < -0.3 is 5.73 Å². The Morgan fingerprint density at radius 1 is 1.05 bits per heavy atom. The second-order valence-corrected chi connectivity index (χ2v) is 4.62. The van der Waals surface area contributed by atoms with Gasteiger partial charge in [-0.05, 0) is 41.8 Å².